The SMILES string of the molecule is O=C(Cn1ccnc1)N[C@@H]1CCC[C@@H](N2CCCC2)[C@@H]1O. The van der Waals surface area contributed by atoms with Crippen LogP contribution in [0.5, 0.6) is 0 Å². The molecule has 2 N–H and O–H groups in total. The van der Waals surface area contributed by atoms with Crippen molar-refractivity contribution < 1.29 is 9.90 Å². The van der Waals surface area contributed by atoms with Crippen molar-refractivity contribution >= 4 is 5.91 Å². The average Bonchev–Trinajstić information content (AvgIpc) is 3.14. The molecule has 0 spiro atoms. The highest BCUT2D eigenvalue weighted by Gasteiger charge is 2.36. The Morgan fingerprint density at radius 2 is 2.10 bits per heavy atom. The van der Waals surface area contributed by atoms with Crippen LogP contribution in [0.3, 0.4) is 0 Å². The van der Waals surface area contributed by atoms with Gasteiger partial charge in [0.25, 0.3) is 0 Å². The summed E-state index contributed by atoms with van der Waals surface area (Å²) < 4.78 is 1.74. The van der Waals surface area contributed by atoms with Gasteiger partial charge in [-0.15, -0.1) is 0 Å². The van der Waals surface area contributed by atoms with Crippen LogP contribution in [0.2, 0.25) is 0 Å². The van der Waals surface area contributed by atoms with E-state index in [2.05, 4.69) is 15.2 Å². The van der Waals surface area contributed by atoms with Crippen LogP contribution in [0.15, 0.2) is 18.7 Å². The molecule has 3 atom stereocenters. The number of imidazole rings is 1. The summed E-state index contributed by atoms with van der Waals surface area (Å²) in [7, 11) is 0. The highest BCUT2D eigenvalue weighted by Crippen LogP contribution is 2.26. The second kappa shape index (κ2) is 6.58. The minimum Gasteiger partial charge on any atom is -0.389 e. The summed E-state index contributed by atoms with van der Waals surface area (Å²) in [6, 6.07) is 0.0835. The van der Waals surface area contributed by atoms with Gasteiger partial charge in [0.2, 0.25) is 5.91 Å². The molecule has 2 fully saturated rings. The third-order valence-electron chi connectivity index (χ3n) is 4.66. The van der Waals surface area contributed by atoms with Crippen LogP contribution >= 0.6 is 0 Å². The van der Waals surface area contributed by atoms with Crippen LogP contribution in [-0.4, -0.2) is 56.7 Å². The number of likely N-dealkylation sites (tertiary alicyclic amines) is 1. The fourth-order valence-electron chi connectivity index (χ4n) is 3.58. The number of hydrogen-bond donors (Lipinski definition) is 2. The molecular formula is C15H24N4O2. The Morgan fingerprint density at radius 1 is 1.29 bits per heavy atom. The maximum Gasteiger partial charge on any atom is 0.240 e. The lowest BCUT2D eigenvalue weighted by Gasteiger charge is -2.40. The standard InChI is InChI=1S/C15H24N4O2/c20-14(10-18-9-6-16-11-18)17-12-4-3-5-13(15(12)21)19-7-1-2-8-19/h6,9,11-13,15,21H,1-5,7-8,10H2,(H,17,20)/t12-,13-,15-/m1/s1. The minimum atomic E-state index is -0.455. The summed E-state index contributed by atoms with van der Waals surface area (Å²) >= 11 is 0. The van der Waals surface area contributed by atoms with E-state index in [1.165, 1.54) is 12.8 Å². The van der Waals surface area contributed by atoms with E-state index >= 15 is 0 Å². The van der Waals surface area contributed by atoms with Crippen LogP contribution in [0.1, 0.15) is 32.1 Å². The van der Waals surface area contributed by atoms with Crippen molar-refractivity contribution in [1.29, 1.82) is 0 Å². The highest BCUT2D eigenvalue weighted by atomic mass is 16.3. The van der Waals surface area contributed by atoms with Crippen molar-refractivity contribution in [3.8, 4) is 0 Å². The Balaban J connectivity index is 1.55. The van der Waals surface area contributed by atoms with Gasteiger partial charge in [-0.1, -0.05) is 0 Å². The Hall–Kier alpha value is -1.40. The number of rotatable bonds is 4. The van der Waals surface area contributed by atoms with Crippen LogP contribution in [0.25, 0.3) is 0 Å². The normalized spacial score (nSPS) is 30.4. The largest absolute Gasteiger partial charge is 0.389 e. The van der Waals surface area contributed by atoms with Gasteiger partial charge in [0.15, 0.2) is 0 Å². The van der Waals surface area contributed by atoms with E-state index in [4.69, 9.17) is 0 Å². The van der Waals surface area contributed by atoms with Crippen LogP contribution in [-0.2, 0) is 11.3 Å². The van der Waals surface area contributed by atoms with Crippen molar-refractivity contribution in [1.82, 2.24) is 19.8 Å². The lowest BCUT2D eigenvalue weighted by atomic mass is 9.87. The van der Waals surface area contributed by atoms with E-state index in [-0.39, 0.29) is 24.5 Å². The number of carbonyl (C=O) groups excluding carboxylic acids is 1. The average molecular weight is 292 g/mol. The van der Waals surface area contributed by atoms with E-state index in [1.807, 2.05) is 0 Å². The van der Waals surface area contributed by atoms with Gasteiger partial charge in [-0.3, -0.25) is 9.69 Å². The van der Waals surface area contributed by atoms with E-state index in [1.54, 1.807) is 23.3 Å². The maximum absolute atomic E-state index is 12.1. The Labute approximate surface area is 125 Å². The fraction of sp³-hybridized carbons (Fsp3) is 0.733. The van der Waals surface area contributed by atoms with E-state index in [0.29, 0.717) is 0 Å². The van der Waals surface area contributed by atoms with Gasteiger partial charge in [0.1, 0.15) is 6.54 Å². The number of amides is 1. The van der Waals surface area contributed by atoms with Crippen LogP contribution in [0.4, 0.5) is 0 Å². The number of hydrogen-bond acceptors (Lipinski definition) is 4. The number of nitrogens with zero attached hydrogens (tertiary/aromatic N) is 3. The lowest BCUT2D eigenvalue weighted by Crippen LogP contribution is -2.56. The maximum atomic E-state index is 12.1. The van der Waals surface area contributed by atoms with E-state index in [9.17, 15) is 9.90 Å². The second-order valence-electron chi connectivity index (χ2n) is 6.14. The lowest BCUT2D eigenvalue weighted by molar-refractivity contribution is -0.124. The topological polar surface area (TPSA) is 70.4 Å². The summed E-state index contributed by atoms with van der Waals surface area (Å²) in [6.45, 7) is 2.42. The van der Waals surface area contributed by atoms with Crippen LogP contribution in [0, 0.1) is 0 Å². The van der Waals surface area contributed by atoms with E-state index in [0.717, 1.165) is 32.4 Å². The summed E-state index contributed by atoms with van der Waals surface area (Å²) in [5, 5.41) is 13.6. The zero-order valence-electron chi connectivity index (χ0n) is 12.3. The number of aliphatic hydroxyl groups excluding tert-OH is 1. The molecule has 6 nitrogen and oxygen atoms in total. The molecule has 1 saturated carbocycles. The molecule has 1 saturated heterocycles. The van der Waals surface area contributed by atoms with Crippen molar-refractivity contribution in [2.24, 2.45) is 0 Å². The van der Waals surface area contributed by atoms with E-state index < -0.39 is 6.10 Å². The number of aliphatic hydroxyl groups is 1. The molecule has 1 aromatic rings. The predicted molar refractivity (Wildman–Crippen MR) is 78.6 cm³/mol. The Kier molecular flexibility index (Phi) is 4.55. The molecule has 6 heteroatoms. The predicted octanol–water partition coefficient (Wildman–Crippen LogP) is 0.377. The molecule has 1 aliphatic heterocycles. The molecule has 0 unspecified atom stereocenters. The zero-order chi connectivity index (χ0) is 14.7. The first-order chi connectivity index (χ1) is 10.2. The molecule has 21 heavy (non-hydrogen) atoms. The molecule has 1 amide bonds. The number of carbonyl (C=O) groups is 1. The second-order valence-corrected chi connectivity index (χ2v) is 6.14. The quantitative estimate of drug-likeness (QED) is 0.841. The van der Waals surface area contributed by atoms with Gasteiger partial charge in [0.05, 0.1) is 18.5 Å². The Morgan fingerprint density at radius 3 is 2.81 bits per heavy atom. The molecule has 0 radical (unpaired) electrons. The number of nitrogens with one attached hydrogen (secondary N) is 1. The third-order valence-corrected chi connectivity index (χ3v) is 4.66. The molecule has 0 bridgehead atoms. The first kappa shape index (κ1) is 14.5. The highest BCUT2D eigenvalue weighted by molar-refractivity contribution is 5.76. The smallest absolute Gasteiger partial charge is 0.240 e. The van der Waals surface area contributed by atoms with Crippen molar-refractivity contribution in [3.05, 3.63) is 18.7 Å². The van der Waals surface area contributed by atoms with Gasteiger partial charge in [0, 0.05) is 18.4 Å². The minimum absolute atomic E-state index is 0.0564. The molecule has 3 rings (SSSR count). The Bertz CT molecular complexity index is 456. The molecule has 2 aliphatic rings. The summed E-state index contributed by atoms with van der Waals surface area (Å²) in [4.78, 5) is 18.4. The van der Waals surface area contributed by atoms with Crippen LogP contribution < -0.4 is 5.32 Å². The summed E-state index contributed by atoms with van der Waals surface area (Å²) in [5.74, 6) is -0.0564. The van der Waals surface area contributed by atoms with Crippen molar-refractivity contribution in [2.45, 2.75) is 56.8 Å². The van der Waals surface area contributed by atoms with Gasteiger partial charge >= 0.3 is 0 Å². The van der Waals surface area contributed by atoms with Gasteiger partial charge < -0.3 is 15.0 Å². The fourth-order valence-corrected chi connectivity index (χ4v) is 3.58. The summed E-state index contributed by atoms with van der Waals surface area (Å²) in [5.41, 5.74) is 0. The zero-order valence-corrected chi connectivity index (χ0v) is 12.3. The molecule has 2 heterocycles. The molecular weight excluding hydrogens is 268 g/mol. The summed E-state index contributed by atoms with van der Waals surface area (Å²) in [6.07, 6.45) is 10.0. The third kappa shape index (κ3) is 3.44. The molecule has 1 aromatic heterocycles. The first-order valence-electron chi connectivity index (χ1n) is 7.91. The van der Waals surface area contributed by atoms with Gasteiger partial charge in [-0.2, -0.15) is 0 Å². The molecule has 116 valence electrons. The van der Waals surface area contributed by atoms with Crippen molar-refractivity contribution in [2.75, 3.05) is 13.1 Å². The number of aromatic nitrogens is 2. The first-order valence-corrected chi connectivity index (χ1v) is 7.91. The molecule has 0 aromatic carbocycles. The van der Waals surface area contributed by atoms with Gasteiger partial charge in [-0.25, -0.2) is 4.98 Å². The van der Waals surface area contributed by atoms with Crippen molar-refractivity contribution in [3.63, 3.8) is 0 Å². The monoisotopic (exact) mass is 292 g/mol. The molecule has 1 aliphatic carbocycles. The van der Waals surface area contributed by atoms with Gasteiger partial charge in [-0.05, 0) is 45.2 Å².